The largest absolute Gasteiger partial charge is 0.486 e. The van der Waals surface area contributed by atoms with Crippen LogP contribution in [-0.2, 0) is 9.53 Å². The van der Waals surface area contributed by atoms with E-state index < -0.39 is 0 Å². The van der Waals surface area contributed by atoms with E-state index in [0.29, 0.717) is 24.3 Å². The molecular weight excluding hydrogens is 356 g/mol. The zero-order chi connectivity index (χ0) is 19.4. The van der Waals surface area contributed by atoms with E-state index >= 15 is 0 Å². The molecule has 4 rings (SSSR count). The summed E-state index contributed by atoms with van der Waals surface area (Å²) in [6.07, 6.45) is 5.06. The summed E-state index contributed by atoms with van der Waals surface area (Å²) < 4.78 is 17.1. The molecule has 1 aromatic rings. The van der Waals surface area contributed by atoms with Gasteiger partial charge in [0.25, 0.3) is 0 Å². The van der Waals surface area contributed by atoms with Gasteiger partial charge in [-0.25, -0.2) is 0 Å². The highest BCUT2D eigenvalue weighted by atomic mass is 16.6. The molecule has 0 aromatic heterocycles. The third-order valence-corrected chi connectivity index (χ3v) is 6.47. The second kappa shape index (κ2) is 8.70. The average molecular weight is 389 g/mol. The van der Waals surface area contributed by atoms with Crippen LogP contribution in [0.4, 0.5) is 0 Å². The van der Waals surface area contributed by atoms with Gasteiger partial charge in [0.15, 0.2) is 11.5 Å². The second-order valence-electron chi connectivity index (χ2n) is 8.46. The highest BCUT2D eigenvalue weighted by Crippen LogP contribution is 2.40. The van der Waals surface area contributed by atoms with Crippen molar-refractivity contribution in [2.75, 3.05) is 53.0 Å². The van der Waals surface area contributed by atoms with Gasteiger partial charge in [-0.05, 0) is 56.3 Å². The maximum atomic E-state index is 12.3. The number of rotatable bonds is 6. The van der Waals surface area contributed by atoms with E-state index in [9.17, 15) is 4.79 Å². The summed E-state index contributed by atoms with van der Waals surface area (Å²) in [5.74, 6) is 2.01. The van der Waals surface area contributed by atoms with Crippen molar-refractivity contribution in [3.63, 3.8) is 0 Å². The van der Waals surface area contributed by atoms with Gasteiger partial charge < -0.3 is 19.1 Å². The number of carbonyl (C=O) groups excluding carboxylic acids is 1. The highest BCUT2D eigenvalue weighted by Gasteiger charge is 2.41. The van der Waals surface area contributed by atoms with E-state index in [0.717, 1.165) is 76.5 Å². The number of para-hydroxylation sites is 2. The first-order valence-electron chi connectivity index (χ1n) is 10.6. The minimum Gasteiger partial charge on any atom is -0.486 e. The number of likely N-dealkylation sites (tertiary alicyclic amines) is 2. The predicted octanol–water partition coefficient (Wildman–Crippen LogP) is 2.57. The standard InChI is InChI=1S/C22H32N2O4/c1-26-14-4-11-24-17-22(8-7-21(24)25)9-12-23(13-10-22)15-18-16-27-19-5-2-3-6-20(19)28-18/h2-3,5-6,18H,4,7-17H2,1H3/t18-/m0/s1. The average Bonchev–Trinajstić information content (AvgIpc) is 2.73. The van der Waals surface area contributed by atoms with Crippen molar-refractivity contribution in [1.82, 2.24) is 9.80 Å². The summed E-state index contributed by atoms with van der Waals surface area (Å²) in [5.41, 5.74) is 0.300. The Hall–Kier alpha value is -1.79. The molecule has 2 fully saturated rings. The van der Waals surface area contributed by atoms with Crippen LogP contribution < -0.4 is 9.47 Å². The van der Waals surface area contributed by atoms with Gasteiger partial charge >= 0.3 is 0 Å². The fraction of sp³-hybridized carbons (Fsp3) is 0.682. The third-order valence-electron chi connectivity index (χ3n) is 6.47. The second-order valence-corrected chi connectivity index (χ2v) is 8.46. The van der Waals surface area contributed by atoms with Crippen LogP contribution in [0.5, 0.6) is 11.5 Å². The number of ether oxygens (including phenoxy) is 3. The van der Waals surface area contributed by atoms with Crippen molar-refractivity contribution in [3.8, 4) is 11.5 Å². The summed E-state index contributed by atoms with van der Waals surface area (Å²) in [7, 11) is 1.72. The number of fused-ring (bicyclic) bond motifs is 1. The molecule has 3 heterocycles. The van der Waals surface area contributed by atoms with Gasteiger partial charge in [-0.3, -0.25) is 9.69 Å². The van der Waals surface area contributed by atoms with Crippen LogP contribution in [0.15, 0.2) is 24.3 Å². The molecule has 2 saturated heterocycles. The van der Waals surface area contributed by atoms with Crippen LogP contribution in [-0.4, -0.2) is 74.9 Å². The zero-order valence-corrected chi connectivity index (χ0v) is 16.9. The van der Waals surface area contributed by atoms with Gasteiger partial charge in [0.2, 0.25) is 5.91 Å². The topological polar surface area (TPSA) is 51.2 Å². The van der Waals surface area contributed by atoms with Crippen molar-refractivity contribution < 1.29 is 19.0 Å². The minimum absolute atomic E-state index is 0.0856. The van der Waals surface area contributed by atoms with Crippen molar-refractivity contribution in [1.29, 1.82) is 0 Å². The van der Waals surface area contributed by atoms with Crippen LogP contribution >= 0.6 is 0 Å². The number of hydrogen-bond donors (Lipinski definition) is 0. The first kappa shape index (κ1) is 19.5. The predicted molar refractivity (Wildman–Crippen MR) is 107 cm³/mol. The molecule has 28 heavy (non-hydrogen) atoms. The summed E-state index contributed by atoms with van der Waals surface area (Å²) in [6.45, 7) is 6.12. The smallest absolute Gasteiger partial charge is 0.222 e. The molecule has 6 heteroatoms. The lowest BCUT2D eigenvalue weighted by molar-refractivity contribution is -0.139. The van der Waals surface area contributed by atoms with E-state index in [1.54, 1.807) is 7.11 Å². The summed E-state index contributed by atoms with van der Waals surface area (Å²) in [6, 6.07) is 7.89. The molecule has 1 amide bonds. The molecule has 0 N–H and O–H groups in total. The van der Waals surface area contributed by atoms with Crippen molar-refractivity contribution in [3.05, 3.63) is 24.3 Å². The number of benzene rings is 1. The number of piperidine rings is 2. The van der Waals surface area contributed by atoms with E-state index in [2.05, 4.69) is 9.80 Å². The first-order valence-corrected chi connectivity index (χ1v) is 10.6. The molecule has 1 atom stereocenters. The number of amides is 1. The molecule has 6 nitrogen and oxygen atoms in total. The monoisotopic (exact) mass is 388 g/mol. The maximum absolute atomic E-state index is 12.3. The van der Waals surface area contributed by atoms with Crippen LogP contribution in [0.1, 0.15) is 32.1 Å². The number of hydrogen-bond acceptors (Lipinski definition) is 5. The first-order chi connectivity index (χ1) is 13.7. The Kier molecular flexibility index (Phi) is 6.07. The minimum atomic E-state index is 0.0856. The summed E-state index contributed by atoms with van der Waals surface area (Å²) in [5, 5.41) is 0. The lowest BCUT2D eigenvalue weighted by Gasteiger charge is -2.48. The number of methoxy groups -OCH3 is 1. The summed E-state index contributed by atoms with van der Waals surface area (Å²) >= 11 is 0. The Morgan fingerprint density at radius 1 is 1.18 bits per heavy atom. The quantitative estimate of drug-likeness (QED) is 0.701. The van der Waals surface area contributed by atoms with Crippen LogP contribution in [0.2, 0.25) is 0 Å². The highest BCUT2D eigenvalue weighted by molar-refractivity contribution is 5.77. The normalized spacial score (nSPS) is 24.5. The SMILES string of the molecule is COCCCN1CC2(CCC1=O)CCN(C[C@H]1COc3ccccc3O1)CC2. The fourth-order valence-electron chi connectivity index (χ4n) is 4.76. The third kappa shape index (κ3) is 4.44. The molecule has 154 valence electrons. The molecule has 1 aromatic carbocycles. The Balaban J connectivity index is 1.27. The van der Waals surface area contributed by atoms with Crippen molar-refractivity contribution in [2.24, 2.45) is 5.41 Å². The molecule has 3 aliphatic heterocycles. The molecule has 0 aliphatic carbocycles. The van der Waals surface area contributed by atoms with E-state index in [1.165, 1.54) is 0 Å². The van der Waals surface area contributed by atoms with E-state index in [4.69, 9.17) is 14.2 Å². The van der Waals surface area contributed by atoms with Gasteiger partial charge in [0.05, 0.1) is 0 Å². The molecule has 0 bridgehead atoms. The lowest BCUT2D eigenvalue weighted by Crippen LogP contribution is -2.53. The Morgan fingerprint density at radius 2 is 1.96 bits per heavy atom. The molecule has 3 aliphatic rings. The molecule has 1 spiro atoms. The van der Waals surface area contributed by atoms with Gasteiger partial charge in [0.1, 0.15) is 12.7 Å². The van der Waals surface area contributed by atoms with Crippen LogP contribution in [0.25, 0.3) is 0 Å². The van der Waals surface area contributed by atoms with Gasteiger partial charge in [0, 0.05) is 39.8 Å². The fourth-order valence-corrected chi connectivity index (χ4v) is 4.76. The zero-order valence-electron chi connectivity index (χ0n) is 16.9. The number of carbonyl (C=O) groups is 1. The summed E-state index contributed by atoms with van der Waals surface area (Å²) in [4.78, 5) is 16.9. The number of nitrogens with zero attached hydrogens (tertiary/aromatic N) is 2. The molecule has 0 radical (unpaired) electrons. The molecular formula is C22H32N2O4. The van der Waals surface area contributed by atoms with E-state index in [1.807, 2.05) is 24.3 Å². The lowest BCUT2D eigenvalue weighted by atomic mass is 9.72. The molecule has 0 saturated carbocycles. The van der Waals surface area contributed by atoms with Crippen molar-refractivity contribution >= 4 is 5.91 Å². The van der Waals surface area contributed by atoms with Gasteiger partial charge in [-0.2, -0.15) is 0 Å². The van der Waals surface area contributed by atoms with Gasteiger partial charge in [-0.1, -0.05) is 12.1 Å². The Bertz CT molecular complexity index is 672. The van der Waals surface area contributed by atoms with Crippen molar-refractivity contribution in [2.45, 2.75) is 38.2 Å². The van der Waals surface area contributed by atoms with E-state index in [-0.39, 0.29) is 6.10 Å². The van der Waals surface area contributed by atoms with Crippen LogP contribution in [0.3, 0.4) is 0 Å². The van der Waals surface area contributed by atoms with Crippen LogP contribution in [0, 0.1) is 5.41 Å². The Morgan fingerprint density at radius 3 is 2.75 bits per heavy atom. The molecule has 0 unspecified atom stereocenters. The Labute approximate surface area is 167 Å². The maximum Gasteiger partial charge on any atom is 0.222 e. The van der Waals surface area contributed by atoms with Gasteiger partial charge in [-0.15, -0.1) is 0 Å².